The first-order valence-corrected chi connectivity index (χ1v) is 5.05. The quantitative estimate of drug-likeness (QED) is 0.582. The molecule has 0 saturated heterocycles. The number of hydrogen-bond donors (Lipinski definition) is 0. The van der Waals surface area contributed by atoms with Gasteiger partial charge in [-0.05, 0) is 29.7 Å². The first-order chi connectivity index (χ1) is 5.65. The third-order valence-corrected chi connectivity index (χ3v) is 2.81. The number of allylic oxidation sites excluding steroid dienone is 4. The first-order valence-electron chi connectivity index (χ1n) is 5.05. The van der Waals surface area contributed by atoms with Crippen molar-refractivity contribution in [3.63, 3.8) is 0 Å². The second kappa shape index (κ2) is 3.93. The summed E-state index contributed by atoms with van der Waals surface area (Å²) < 4.78 is 0. The van der Waals surface area contributed by atoms with Gasteiger partial charge in [-0.25, -0.2) is 0 Å². The maximum absolute atomic E-state index is 2.45. The maximum Gasteiger partial charge on any atom is -0.0170 e. The van der Waals surface area contributed by atoms with Crippen molar-refractivity contribution < 1.29 is 0 Å². The van der Waals surface area contributed by atoms with E-state index in [1.807, 2.05) is 0 Å². The number of rotatable bonds is 2. The first kappa shape index (κ1) is 9.57. The summed E-state index contributed by atoms with van der Waals surface area (Å²) >= 11 is 0. The van der Waals surface area contributed by atoms with Crippen LogP contribution in [-0.4, -0.2) is 0 Å². The second-order valence-corrected chi connectivity index (χ2v) is 4.11. The molecule has 1 aliphatic carbocycles. The van der Waals surface area contributed by atoms with Gasteiger partial charge in [-0.1, -0.05) is 45.9 Å². The summed E-state index contributed by atoms with van der Waals surface area (Å²) in [5, 5.41) is 0. The highest BCUT2D eigenvalue weighted by atomic mass is 14.2. The molecule has 12 heavy (non-hydrogen) atoms. The molecule has 0 heteroatoms. The van der Waals surface area contributed by atoms with E-state index in [1.165, 1.54) is 12.0 Å². The van der Waals surface area contributed by atoms with Gasteiger partial charge in [0, 0.05) is 0 Å². The summed E-state index contributed by atoms with van der Waals surface area (Å²) in [6.07, 6.45) is 8.36. The molecule has 0 heterocycles. The van der Waals surface area contributed by atoms with Crippen LogP contribution in [0.15, 0.2) is 23.8 Å². The largest absolute Gasteiger partial charge is 0.0808 e. The van der Waals surface area contributed by atoms with Gasteiger partial charge >= 0.3 is 0 Å². The minimum atomic E-state index is 0.683. The van der Waals surface area contributed by atoms with E-state index < -0.39 is 0 Å². The third kappa shape index (κ3) is 2.00. The van der Waals surface area contributed by atoms with Crippen molar-refractivity contribution in [1.29, 1.82) is 0 Å². The molecule has 1 rings (SSSR count). The summed E-state index contributed by atoms with van der Waals surface area (Å²) in [6.45, 7) is 9.10. The van der Waals surface area contributed by atoms with Crippen molar-refractivity contribution in [2.24, 2.45) is 17.8 Å². The van der Waals surface area contributed by atoms with Crippen molar-refractivity contribution in [2.45, 2.75) is 34.1 Å². The molecule has 0 radical (unpaired) electrons. The van der Waals surface area contributed by atoms with Crippen LogP contribution in [0.2, 0.25) is 0 Å². The van der Waals surface area contributed by atoms with Gasteiger partial charge in [-0.3, -0.25) is 0 Å². The Morgan fingerprint density at radius 2 is 2.08 bits per heavy atom. The molecule has 2 unspecified atom stereocenters. The van der Waals surface area contributed by atoms with Crippen LogP contribution in [0.25, 0.3) is 0 Å². The van der Waals surface area contributed by atoms with Crippen LogP contribution in [0.3, 0.4) is 0 Å². The average molecular weight is 164 g/mol. The Morgan fingerprint density at radius 3 is 2.58 bits per heavy atom. The molecule has 0 N–H and O–H groups in total. The lowest BCUT2D eigenvalue weighted by Gasteiger charge is -2.23. The van der Waals surface area contributed by atoms with Gasteiger partial charge in [0.05, 0.1) is 0 Å². The zero-order chi connectivity index (χ0) is 9.14. The van der Waals surface area contributed by atoms with E-state index in [0.717, 1.165) is 11.8 Å². The fourth-order valence-electron chi connectivity index (χ4n) is 1.73. The van der Waals surface area contributed by atoms with Gasteiger partial charge in [0.15, 0.2) is 0 Å². The summed E-state index contributed by atoms with van der Waals surface area (Å²) in [5.41, 5.74) is 1.51. The fraction of sp³-hybridized carbons (Fsp3) is 0.667. The predicted molar refractivity (Wildman–Crippen MR) is 55.0 cm³/mol. The Hall–Kier alpha value is -0.520. The van der Waals surface area contributed by atoms with Crippen LogP contribution in [0, 0.1) is 17.8 Å². The monoisotopic (exact) mass is 164 g/mol. The van der Waals surface area contributed by atoms with Gasteiger partial charge in [0.1, 0.15) is 0 Å². The van der Waals surface area contributed by atoms with Crippen molar-refractivity contribution in [3.05, 3.63) is 23.8 Å². The van der Waals surface area contributed by atoms with Gasteiger partial charge in [-0.2, -0.15) is 0 Å². The lowest BCUT2D eigenvalue weighted by atomic mass is 9.83. The van der Waals surface area contributed by atoms with Crippen LogP contribution >= 0.6 is 0 Å². The minimum Gasteiger partial charge on any atom is -0.0808 e. The van der Waals surface area contributed by atoms with Crippen LogP contribution in [0.1, 0.15) is 34.1 Å². The van der Waals surface area contributed by atoms with E-state index in [-0.39, 0.29) is 0 Å². The normalized spacial score (nSPS) is 29.2. The van der Waals surface area contributed by atoms with E-state index in [4.69, 9.17) is 0 Å². The fourth-order valence-corrected chi connectivity index (χ4v) is 1.73. The topological polar surface area (TPSA) is 0 Å². The lowest BCUT2D eigenvalue weighted by molar-refractivity contribution is 0.483. The standard InChI is InChI=1S/C12H20/c1-5-11-8-12(9(2)3)7-6-10(11)4/h6-11H,5H2,1-4H3. The highest BCUT2D eigenvalue weighted by molar-refractivity contribution is 5.26. The molecule has 0 aromatic heterocycles. The van der Waals surface area contributed by atoms with Crippen molar-refractivity contribution in [2.75, 3.05) is 0 Å². The SMILES string of the molecule is CCC1C=C(C(C)C)C=CC1C. The van der Waals surface area contributed by atoms with Crippen molar-refractivity contribution >= 4 is 0 Å². The molecular formula is C12H20. The predicted octanol–water partition coefficient (Wildman–Crippen LogP) is 3.80. The Kier molecular flexibility index (Phi) is 3.13. The zero-order valence-electron chi connectivity index (χ0n) is 8.67. The molecule has 0 aliphatic heterocycles. The van der Waals surface area contributed by atoms with Crippen LogP contribution < -0.4 is 0 Å². The summed E-state index contributed by atoms with van der Waals surface area (Å²) in [5.74, 6) is 2.19. The highest BCUT2D eigenvalue weighted by Gasteiger charge is 2.15. The molecule has 0 spiro atoms. The van der Waals surface area contributed by atoms with E-state index in [2.05, 4.69) is 45.9 Å². The molecule has 1 aliphatic rings. The zero-order valence-corrected chi connectivity index (χ0v) is 8.67. The Balaban J connectivity index is 2.73. The van der Waals surface area contributed by atoms with Crippen LogP contribution in [0.5, 0.6) is 0 Å². The summed E-state index contributed by atoms with van der Waals surface area (Å²) in [4.78, 5) is 0. The number of hydrogen-bond acceptors (Lipinski definition) is 0. The van der Waals surface area contributed by atoms with Gasteiger partial charge in [0.25, 0.3) is 0 Å². The molecule has 68 valence electrons. The van der Waals surface area contributed by atoms with Crippen LogP contribution in [0.4, 0.5) is 0 Å². The smallest absolute Gasteiger partial charge is 0.0170 e. The molecule has 0 aromatic carbocycles. The Morgan fingerprint density at radius 1 is 1.42 bits per heavy atom. The van der Waals surface area contributed by atoms with Crippen molar-refractivity contribution in [3.8, 4) is 0 Å². The molecular weight excluding hydrogens is 144 g/mol. The van der Waals surface area contributed by atoms with Gasteiger partial charge < -0.3 is 0 Å². The van der Waals surface area contributed by atoms with E-state index in [1.54, 1.807) is 0 Å². The second-order valence-electron chi connectivity index (χ2n) is 4.11. The van der Waals surface area contributed by atoms with Gasteiger partial charge in [-0.15, -0.1) is 0 Å². The summed E-state index contributed by atoms with van der Waals surface area (Å²) in [7, 11) is 0. The van der Waals surface area contributed by atoms with Crippen molar-refractivity contribution in [1.82, 2.24) is 0 Å². The molecule has 0 bridgehead atoms. The Labute approximate surface area is 76.4 Å². The minimum absolute atomic E-state index is 0.683. The summed E-state index contributed by atoms with van der Waals surface area (Å²) in [6, 6.07) is 0. The van der Waals surface area contributed by atoms with E-state index >= 15 is 0 Å². The lowest BCUT2D eigenvalue weighted by Crippen LogP contribution is -2.11. The van der Waals surface area contributed by atoms with E-state index in [9.17, 15) is 0 Å². The average Bonchev–Trinajstić information content (AvgIpc) is 2.05. The maximum atomic E-state index is 2.45. The third-order valence-electron chi connectivity index (χ3n) is 2.81. The van der Waals surface area contributed by atoms with Crippen LogP contribution in [-0.2, 0) is 0 Å². The van der Waals surface area contributed by atoms with Gasteiger partial charge in [0.2, 0.25) is 0 Å². The molecule has 0 amide bonds. The molecule has 0 saturated carbocycles. The van der Waals surface area contributed by atoms with E-state index in [0.29, 0.717) is 5.92 Å². The molecule has 0 fully saturated rings. The Bertz CT molecular complexity index is 196. The molecule has 0 nitrogen and oxygen atoms in total. The highest BCUT2D eigenvalue weighted by Crippen LogP contribution is 2.28. The molecule has 2 atom stereocenters. The molecule has 0 aromatic rings.